The highest BCUT2D eigenvalue weighted by molar-refractivity contribution is 5.73. The van der Waals surface area contributed by atoms with E-state index in [4.69, 9.17) is 23.7 Å². The summed E-state index contributed by atoms with van der Waals surface area (Å²) in [6.07, 6.45) is -15.2. The van der Waals surface area contributed by atoms with E-state index in [2.05, 4.69) is 0 Å². The topological polar surface area (TPSA) is 266 Å². The van der Waals surface area contributed by atoms with E-state index < -0.39 is 117 Å². The van der Waals surface area contributed by atoms with Gasteiger partial charge in [-0.05, 0) is 6.92 Å². The minimum atomic E-state index is -1.59. The Morgan fingerprint density at radius 2 is 1.12 bits per heavy atom. The minimum Gasteiger partial charge on any atom is -0.479 e. The molecule has 16 heteroatoms. The molecule has 3 rings (SSSR count). The molecular formula is C24H42O16. The summed E-state index contributed by atoms with van der Waals surface area (Å²) in [5, 5.41) is 100.0. The molecule has 40 heavy (non-hydrogen) atoms. The Bertz CT molecular complexity index is 788. The fourth-order valence-corrected chi connectivity index (χ4v) is 5.51. The SMILES string of the molecule is CC1O[C@@H](COCC2C(COC[C@@H]3OC(C(=O)O)[C@H](CO)C(O)C3O)[C@H](CO)OC(CO)[C@@H]2O)C(O)C(O)[C@H]1O. The standard InChI is InChI=1S/C24H42O16/c1-9-17(28)22(33)21(32)15(38-9)7-37-6-12-11(13(3-26)39-14(4-27)18(12)29)5-36-8-16-20(31)19(30)10(2-25)23(40-16)24(34)35/h9-23,25-33H,2-8H2,1H3,(H,34,35)/t9?,10-,11?,12?,13+,14?,15+,16+,17+,18-,19?,20?,21?,22?,23?/m1/s1. The van der Waals surface area contributed by atoms with Gasteiger partial charge in [0.15, 0.2) is 6.10 Å². The zero-order valence-electron chi connectivity index (χ0n) is 22.0. The molecule has 9 unspecified atom stereocenters. The van der Waals surface area contributed by atoms with Crippen LogP contribution in [-0.2, 0) is 28.5 Å². The van der Waals surface area contributed by atoms with E-state index in [1.165, 1.54) is 6.92 Å². The van der Waals surface area contributed by atoms with Crippen molar-refractivity contribution in [2.75, 3.05) is 46.2 Å². The van der Waals surface area contributed by atoms with Crippen LogP contribution in [-0.4, -0.2) is 177 Å². The van der Waals surface area contributed by atoms with Crippen LogP contribution in [0.2, 0.25) is 0 Å². The van der Waals surface area contributed by atoms with Crippen LogP contribution in [0.4, 0.5) is 0 Å². The Balaban J connectivity index is 1.64. The third-order valence-electron chi connectivity index (χ3n) is 8.03. The maximum Gasteiger partial charge on any atom is 0.333 e. The van der Waals surface area contributed by atoms with E-state index in [1.54, 1.807) is 0 Å². The van der Waals surface area contributed by atoms with Gasteiger partial charge in [0.05, 0.1) is 70.7 Å². The van der Waals surface area contributed by atoms with Gasteiger partial charge in [-0.25, -0.2) is 4.79 Å². The monoisotopic (exact) mass is 586 g/mol. The second-order valence-corrected chi connectivity index (χ2v) is 10.6. The molecule has 3 heterocycles. The molecule has 0 aromatic carbocycles. The molecule has 0 aromatic heterocycles. The van der Waals surface area contributed by atoms with Crippen LogP contribution < -0.4 is 0 Å². The van der Waals surface area contributed by atoms with Crippen molar-refractivity contribution in [1.29, 1.82) is 0 Å². The molecule has 3 aliphatic heterocycles. The second kappa shape index (κ2) is 14.9. The Kier molecular flexibility index (Phi) is 12.4. The van der Waals surface area contributed by atoms with Gasteiger partial charge in [-0.1, -0.05) is 0 Å². The van der Waals surface area contributed by atoms with Crippen molar-refractivity contribution >= 4 is 5.97 Å². The van der Waals surface area contributed by atoms with Crippen LogP contribution in [0.1, 0.15) is 6.92 Å². The normalized spacial score (nSPS) is 46.3. The molecule has 3 aliphatic rings. The molecule has 0 bridgehead atoms. The molecule has 0 saturated carbocycles. The Labute approximate surface area is 230 Å². The summed E-state index contributed by atoms with van der Waals surface area (Å²) in [5.74, 6) is -4.21. The molecule has 3 fully saturated rings. The van der Waals surface area contributed by atoms with Gasteiger partial charge in [0.1, 0.15) is 42.7 Å². The Morgan fingerprint density at radius 1 is 0.575 bits per heavy atom. The van der Waals surface area contributed by atoms with E-state index in [9.17, 15) is 55.9 Å². The van der Waals surface area contributed by atoms with Crippen molar-refractivity contribution in [3.05, 3.63) is 0 Å². The van der Waals surface area contributed by atoms with Gasteiger partial charge < -0.3 is 74.7 Å². The first-order chi connectivity index (χ1) is 19.0. The van der Waals surface area contributed by atoms with Gasteiger partial charge in [-0.15, -0.1) is 0 Å². The van der Waals surface area contributed by atoms with Crippen molar-refractivity contribution < 1.29 is 79.5 Å². The van der Waals surface area contributed by atoms with Crippen LogP contribution in [0, 0.1) is 17.8 Å². The molecule has 0 spiro atoms. The summed E-state index contributed by atoms with van der Waals surface area (Å²) < 4.78 is 27.8. The lowest BCUT2D eigenvalue weighted by molar-refractivity contribution is -0.242. The summed E-state index contributed by atoms with van der Waals surface area (Å²) in [6, 6.07) is 0. The maximum absolute atomic E-state index is 11.5. The van der Waals surface area contributed by atoms with E-state index in [0.29, 0.717) is 0 Å². The zero-order chi connectivity index (χ0) is 29.7. The van der Waals surface area contributed by atoms with Crippen LogP contribution in [0.15, 0.2) is 0 Å². The molecular weight excluding hydrogens is 544 g/mol. The quantitative estimate of drug-likeness (QED) is 0.102. The number of ether oxygens (including phenoxy) is 5. The highest BCUT2D eigenvalue weighted by atomic mass is 16.6. The third kappa shape index (κ3) is 7.27. The second-order valence-electron chi connectivity index (χ2n) is 10.6. The number of carboxylic acid groups (broad SMARTS) is 1. The molecule has 3 saturated heterocycles. The first-order valence-electron chi connectivity index (χ1n) is 13.2. The molecule has 234 valence electrons. The first kappa shape index (κ1) is 33.4. The Morgan fingerprint density at radius 3 is 1.68 bits per heavy atom. The van der Waals surface area contributed by atoms with E-state index in [0.717, 1.165) is 0 Å². The van der Waals surface area contributed by atoms with Crippen LogP contribution >= 0.6 is 0 Å². The molecule has 0 radical (unpaired) electrons. The molecule has 0 aliphatic carbocycles. The Hall–Kier alpha value is -1.09. The summed E-state index contributed by atoms with van der Waals surface area (Å²) in [4.78, 5) is 11.5. The summed E-state index contributed by atoms with van der Waals surface area (Å²) in [5.41, 5.74) is 0. The van der Waals surface area contributed by atoms with Gasteiger partial charge in [0, 0.05) is 17.8 Å². The smallest absolute Gasteiger partial charge is 0.333 e. The lowest BCUT2D eigenvalue weighted by atomic mass is 9.80. The van der Waals surface area contributed by atoms with Crippen molar-refractivity contribution in [3.63, 3.8) is 0 Å². The van der Waals surface area contributed by atoms with Crippen LogP contribution in [0.5, 0.6) is 0 Å². The average molecular weight is 587 g/mol. The number of aliphatic hydroxyl groups is 9. The fraction of sp³-hybridized carbons (Fsp3) is 0.958. The van der Waals surface area contributed by atoms with Crippen molar-refractivity contribution in [2.45, 2.75) is 80.2 Å². The fourth-order valence-electron chi connectivity index (χ4n) is 5.51. The number of aliphatic carboxylic acids is 1. The van der Waals surface area contributed by atoms with Crippen LogP contribution in [0.25, 0.3) is 0 Å². The van der Waals surface area contributed by atoms with Crippen molar-refractivity contribution in [2.24, 2.45) is 17.8 Å². The molecule has 0 amide bonds. The van der Waals surface area contributed by atoms with Crippen molar-refractivity contribution in [3.8, 4) is 0 Å². The van der Waals surface area contributed by atoms with Crippen molar-refractivity contribution in [1.82, 2.24) is 0 Å². The van der Waals surface area contributed by atoms with Gasteiger partial charge >= 0.3 is 5.97 Å². The average Bonchev–Trinajstić information content (AvgIpc) is 2.93. The number of rotatable bonds is 12. The van der Waals surface area contributed by atoms with Crippen LogP contribution in [0.3, 0.4) is 0 Å². The highest BCUT2D eigenvalue weighted by Gasteiger charge is 2.49. The number of hydrogen-bond acceptors (Lipinski definition) is 15. The van der Waals surface area contributed by atoms with E-state index in [1.807, 2.05) is 0 Å². The highest BCUT2D eigenvalue weighted by Crippen LogP contribution is 2.33. The van der Waals surface area contributed by atoms with Gasteiger partial charge in [0.2, 0.25) is 0 Å². The lowest BCUT2D eigenvalue weighted by Gasteiger charge is -2.45. The zero-order valence-corrected chi connectivity index (χ0v) is 22.0. The molecule has 0 aromatic rings. The van der Waals surface area contributed by atoms with E-state index in [-0.39, 0.29) is 26.4 Å². The van der Waals surface area contributed by atoms with Gasteiger partial charge in [-0.3, -0.25) is 0 Å². The summed E-state index contributed by atoms with van der Waals surface area (Å²) in [6.45, 7) is -1.27. The molecule has 15 atom stereocenters. The summed E-state index contributed by atoms with van der Waals surface area (Å²) >= 11 is 0. The predicted molar refractivity (Wildman–Crippen MR) is 129 cm³/mol. The number of hydrogen-bond donors (Lipinski definition) is 10. The maximum atomic E-state index is 11.5. The number of carboxylic acids is 1. The minimum absolute atomic E-state index is 0.175. The summed E-state index contributed by atoms with van der Waals surface area (Å²) in [7, 11) is 0. The molecule has 16 nitrogen and oxygen atoms in total. The number of carbonyl (C=O) groups is 1. The third-order valence-corrected chi connectivity index (χ3v) is 8.03. The number of aliphatic hydroxyl groups excluding tert-OH is 9. The largest absolute Gasteiger partial charge is 0.479 e. The predicted octanol–water partition coefficient (Wildman–Crippen LogP) is -5.58. The van der Waals surface area contributed by atoms with E-state index >= 15 is 0 Å². The van der Waals surface area contributed by atoms with Gasteiger partial charge in [0.25, 0.3) is 0 Å². The lowest BCUT2D eigenvalue weighted by Crippen LogP contribution is -2.59. The first-order valence-corrected chi connectivity index (χ1v) is 13.2. The molecule has 10 N–H and O–H groups in total. The van der Waals surface area contributed by atoms with Gasteiger partial charge in [-0.2, -0.15) is 0 Å².